The highest BCUT2D eigenvalue weighted by atomic mass is 32.1. The van der Waals surface area contributed by atoms with Gasteiger partial charge in [-0.2, -0.15) is 5.26 Å². The summed E-state index contributed by atoms with van der Waals surface area (Å²) in [5, 5.41) is 23.2. The fourth-order valence-corrected chi connectivity index (χ4v) is 3.27. The largest absolute Gasteiger partial charge is 0.485 e. The number of para-hydroxylation sites is 1. The van der Waals surface area contributed by atoms with E-state index >= 15 is 0 Å². The van der Waals surface area contributed by atoms with Crippen LogP contribution in [-0.2, 0) is 0 Å². The average molecular weight is 338 g/mol. The molecule has 2 atom stereocenters. The molecular weight excluding hydrogens is 320 g/mol. The van der Waals surface area contributed by atoms with Crippen LogP contribution >= 0.6 is 12.2 Å². The van der Waals surface area contributed by atoms with Crippen molar-refractivity contribution < 1.29 is 9.84 Å². The van der Waals surface area contributed by atoms with Gasteiger partial charge in [0.1, 0.15) is 17.5 Å². The quantitative estimate of drug-likeness (QED) is 0.819. The number of nitriles is 1. The molecular formula is C19H18N2O2S. The van der Waals surface area contributed by atoms with Crippen LogP contribution in [0.4, 0.5) is 5.69 Å². The van der Waals surface area contributed by atoms with Gasteiger partial charge < -0.3 is 15.2 Å². The first-order valence-electron chi connectivity index (χ1n) is 7.69. The van der Waals surface area contributed by atoms with Gasteiger partial charge in [0, 0.05) is 11.3 Å². The summed E-state index contributed by atoms with van der Waals surface area (Å²) in [7, 11) is 0. The summed E-state index contributed by atoms with van der Waals surface area (Å²) in [5.74, 6) is 0.193. The van der Waals surface area contributed by atoms with Gasteiger partial charge in [0.25, 0.3) is 0 Å². The number of anilines is 1. The molecule has 0 fully saturated rings. The van der Waals surface area contributed by atoms with Crippen LogP contribution in [0, 0.1) is 11.3 Å². The number of aliphatic hydroxyl groups excluding tert-OH is 1. The maximum atomic E-state index is 10.8. The summed E-state index contributed by atoms with van der Waals surface area (Å²) in [6.07, 6.45) is -0.831. The van der Waals surface area contributed by atoms with Gasteiger partial charge in [-0.3, -0.25) is 0 Å². The zero-order valence-corrected chi connectivity index (χ0v) is 14.3. The lowest BCUT2D eigenvalue weighted by Crippen LogP contribution is -2.51. The number of hydrogen-bond donors (Lipinski definition) is 2. The average Bonchev–Trinajstić information content (AvgIpc) is 2.56. The fourth-order valence-electron chi connectivity index (χ4n) is 2.90. The highest BCUT2D eigenvalue weighted by Crippen LogP contribution is 2.42. The number of thiocarbonyl (C=S) groups is 1. The lowest BCUT2D eigenvalue weighted by Gasteiger charge is -2.42. The Bertz CT molecular complexity index is 812. The van der Waals surface area contributed by atoms with Gasteiger partial charge in [-0.1, -0.05) is 30.4 Å². The molecule has 0 aliphatic carbocycles. The van der Waals surface area contributed by atoms with Gasteiger partial charge in [0.15, 0.2) is 0 Å². The molecule has 1 aliphatic rings. The smallest absolute Gasteiger partial charge is 0.130 e. The van der Waals surface area contributed by atoms with E-state index in [9.17, 15) is 5.11 Å². The van der Waals surface area contributed by atoms with Gasteiger partial charge in [-0.25, -0.2) is 0 Å². The van der Waals surface area contributed by atoms with Gasteiger partial charge >= 0.3 is 0 Å². The predicted octanol–water partition coefficient (Wildman–Crippen LogP) is 3.61. The van der Waals surface area contributed by atoms with Crippen molar-refractivity contribution >= 4 is 22.9 Å². The lowest BCUT2D eigenvalue weighted by molar-refractivity contribution is -0.0463. The Morgan fingerprint density at radius 1 is 1.25 bits per heavy atom. The molecule has 0 unspecified atom stereocenters. The van der Waals surface area contributed by atoms with Crippen LogP contribution in [0.25, 0.3) is 0 Å². The van der Waals surface area contributed by atoms with Crippen LogP contribution in [-0.4, -0.2) is 21.8 Å². The Morgan fingerprint density at radius 3 is 2.62 bits per heavy atom. The number of aliphatic hydroxyl groups is 1. The zero-order valence-electron chi connectivity index (χ0n) is 13.5. The van der Waals surface area contributed by atoms with Crippen LogP contribution in [0.2, 0.25) is 0 Å². The van der Waals surface area contributed by atoms with E-state index in [4.69, 9.17) is 22.2 Å². The highest BCUT2D eigenvalue weighted by Gasteiger charge is 2.44. The molecule has 0 bridgehead atoms. The molecule has 0 saturated heterocycles. The molecule has 0 amide bonds. The first-order valence-corrected chi connectivity index (χ1v) is 8.10. The summed E-state index contributed by atoms with van der Waals surface area (Å²) in [6, 6.07) is 16.9. The Balaban J connectivity index is 2.01. The molecule has 2 aromatic carbocycles. The third-order valence-corrected chi connectivity index (χ3v) is 4.55. The van der Waals surface area contributed by atoms with Crippen molar-refractivity contribution in [3.8, 4) is 11.8 Å². The normalized spacial score (nSPS) is 21.1. The molecule has 0 aromatic heterocycles. The molecule has 5 heteroatoms. The third kappa shape index (κ3) is 2.99. The van der Waals surface area contributed by atoms with Crippen LogP contribution in [0.5, 0.6) is 5.75 Å². The number of rotatable bonds is 2. The summed E-state index contributed by atoms with van der Waals surface area (Å²) in [5.41, 5.74) is 1.32. The summed E-state index contributed by atoms with van der Waals surface area (Å²) in [6.45, 7) is 3.66. The zero-order chi connectivity index (χ0) is 17.3. The van der Waals surface area contributed by atoms with Crippen molar-refractivity contribution in [1.82, 2.24) is 0 Å². The SMILES string of the molecule is CC1(C)Oc2ccc(C#N)cc2[C@@H](C(=S)Nc2ccccc2)[C@@H]1O. The summed E-state index contributed by atoms with van der Waals surface area (Å²) < 4.78 is 5.91. The highest BCUT2D eigenvalue weighted by molar-refractivity contribution is 7.80. The standard InChI is InChI=1S/C19H18N2O2S/c1-19(2)17(22)16(18(24)21-13-6-4-3-5-7-13)14-10-12(11-20)8-9-15(14)23-19/h3-10,16-17,22H,1-2H3,(H,21,24)/t16-,17+/m1/s1. The van der Waals surface area contributed by atoms with E-state index in [1.165, 1.54) is 0 Å². The van der Waals surface area contributed by atoms with Gasteiger partial charge in [0.05, 0.1) is 22.5 Å². The van der Waals surface area contributed by atoms with E-state index < -0.39 is 17.6 Å². The van der Waals surface area contributed by atoms with E-state index in [0.717, 1.165) is 11.3 Å². The van der Waals surface area contributed by atoms with Crippen molar-refractivity contribution in [2.45, 2.75) is 31.5 Å². The molecule has 4 nitrogen and oxygen atoms in total. The second kappa shape index (κ2) is 6.23. The van der Waals surface area contributed by atoms with Crippen LogP contribution in [0.3, 0.4) is 0 Å². The molecule has 24 heavy (non-hydrogen) atoms. The number of nitrogens with zero attached hydrogens (tertiary/aromatic N) is 1. The Hall–Kier alpha value is -2.42. The van der Waals surface area contributed by atoms with Crippen LogP contribution < -0.4 is 10.1 Å². The van der Waals surface area contributed by atoms with E-state index in [-0.39, 0.29) is 0 Å². The number of nitrogens with one attached hydrogen (secondary N) is 1. The Labute approximate surface area is 146 Å². The van der Waals surface area contributed by atoms with Gasteiger partial charge in [0.2, 0.25) is 0 Å². The van der Waals surface area contributed by atoms with Crippen molar-refractivity contribution in [1.29, 1.82) is 5.26 Å². The Kier molecular flexibility index (Phi) is 4.27. The molecule has 3 rings (SSSR count). The lowest BCUT2D eigenvalue weighted by atomic mass is 9.80. The molecule has 1 aliphatic heterocycles. The first-order chi connectivity index (χ1) is 11.4. The number of hydrogen-bond acceptors (Lipinski definition) is 4. The maximum absolute atomic E-state index is 10.8. The number of benzene rings is 2. The summed E-state index contributed by atoms with van der Waals surface area (Å²) >= 11 is 5.58. The minimum atomic E-state index is -0.831. The van der Waals surface area contributed by atoms with Crippen molar-refractivity contribution in [3.05, 3.63) is 59.7 Å². The molecule has 1 heterocycles. The second-order valence-electron chi connectivity index (χ2n) is 6.35. The number of fused-ring (bicyclic) bond motifs is 1. The van der Waals surface area contributed by atoms with Crippen molar-refractivity contribution in [2.75, 3.05) is 5.32 Å². The minimum Gasteiger partial charge on any atom is -0.485 e. The molecule has 0 spiro atoms. The Morgan fingerprint density at radius 2 is 1.96 bits per heavy atom. The fraction of sp³-hybridized carbons (Fsp3) is 0.263. The molecule has 0 saturated carbocycles. The second-order valence-corrected chi connectivity index (χ2v) is 6.79. The van der Waals surface area contributed by atoms with Crippen molar-refractivity contribution in [3.63, 3.8) is 0 Å². The van der Waals surface area contributed by atoms with Crippen molar-refractivity contribution in [2.24, 2.45) is 0 Å². The molecule has 122 valence electrons. The summed E-state index contributed by atoms with van der Waals surface area (Å²) in [4.78, 5) is 0.501. The predicted molar refractivity (Wildman–Crippen MR) is 97.3 cm³/mol. The third-order valence-electron chi connectivity index (χ3n) is 4.20. The molecule has 2 aromatic rings. The van der Waals surface area contributed by atoms with Gasteiger partial charge in [-0.15, -0.1) is 0 Å². The monoisotopic (exact) mass is 338 g/mol. The molecule has 0 radical (unpaired) electrons. The minimum absolute atomic E-state index is 0.452. The van der Waals surface area contributed by atoms with E-state index in [0.29, 0.717) is 16.3 Å². The van der Waals surface area contributed by atoms with Gasteiger partial charge in [-0.05, 0) is 44.2 Å². The van der Waals surface area contributed by atoms with E-state index in [1.54, 1.807) is 18.2 Å². The van der Waals surface area contributed by atoms with E-state index in [2.05, 4.69) is 11.4 Å². The van der Waals surface area contributed by atoms with E-state index in [1.807, 2.05) is 44.2 Å². The number of ether oxygens (including phenoxy) is 1. The van der Waals surface area contributed by atoms with Crippen LogP contribution in [0.15, 0.2) is 48.5 Å². The maximum Gasteiger partial charge on any atom is 0.130 e. The molecule has 2 N–H and O–H groups in total. The topological polar surface area (TPSA) is 65.3 Å². The van der Waals surface area contributed by atoms with Crippen LogP contribution in [0.1, 0.15) is 30.9 Å². The first kappa shape index (κ1) is 16.4.